The molecule has 0 aliphatic carbocycles. The second-order valence-corrected chi connectivity index (χ2v) is 4.16. The fourth-order valence-corrected chi connectivity index (χ4v) is 1.80. The van der Waals surface area contributed by atoms with Crippen LogP contribution in [0, 0.1) is 17.0 Å². The summed E-state index contributed by atoms with van der Waals surface area (Å²) in [5.41, 5.74) is 1.04. The summed E-state index contributed by atoms with van der Waals surface area (Å²) in [7, 11) is 0. The van der Waals surface area contributed by atoms with Crippen LogP contribution in [0.1, 0.15) is 23.0 Å². The zero-order chi connectivity index (χ0) is 14.7. The van der Waals surface area contributed by atoms with E-state index in [0.717, 1.165) is 5.56 Å². The molecule has 2 aromatic rings. The van der Waals surface area contributed by atoms with Gasteiger partial charge in [-0.25, -0.2) is 4.79 Å². The number of carbonyl (C=O) groups is 1. The Morgan fingerprint density at radius 3 is 2.75 bits per heavy atom. The number of ether oxygens (including phenoxy) is 1. The number of nitrogens with zero attached hydrogens (tertiary/aromatic N) is 1. The maximum Gasteiger partial charge on any atom is 0.374 e. The van der Waals surface area contributed by atoms with Crippen molar-refractivity contribution in [3.63, 3.8) is 0 Å². The molecule has 0 unspecified atom stereocenters. The Hall–Kier alpha value is -2.63. The van der Waals surface area contributed by atoms with Crippen molar-refractivity contribution in [3.05, 3.63) is 51.8 Å². The molecule has 0 bridgehead atoms. The van der Waals surface area contributed by atoms with Crippen LogP contribution in [0.5, 0.6) is 0 Å². The summed E-state index contributed by atoms with van der Waals surface area (Å²) in [6.07, 6.45) is 0. The molecular weight excluding hydrogens is 262 g/mol. The SMILES string of the molecule is CCOC(=O)c1ccc(-c2ccc(C)cc2[N+](=O)[O-])o1. The van der Waals surface area contributed by atoms with Crippen molar-refractivity contribution in [2.75, 3.05) is 6.61 Å². The summed E-state index contributed by atoms with van der Waals surface area (Å²) < 4.78 is 10.1. The van der Waals surface area contributed by atoms with E-state index in [9.17, 15) is 14.9 Å². The van der Waals surface area contributed by atoms with Crippen LogP contribution < -0.4 is 0 Å². The summed E-state index contributed by atoms with van der Waals surface area (Å²) in [5.74, 6) is -0.301. The van der Waals surface area contributed by atoms with E-state index < -0.39 is 10.9 Å². The van der Waals surface area contributed by atoms with Gasteiger partial charge in [-0.1, -0.05) is 6.07 Å². The molecule has 0 spiro atoms. The molecule has 104 valence electrons. The topological polar surface area (TPSA) is 82.6 Å². The summed E-state index contributed by atoms with van der Waals surface area (Å²) >= 11 is 0. The molecule has 2 rings (SSSR count). The molecule has 0 aliphatic heterocycles. The predicted octanol–water partition coefficient (Wildman–Crippen LogP) is 3.34. The van der Waals surface area contributed by atoms with Gasteiger partial charge in [-0.05, 0) is 37.6 Å². The van der Waals surface area contributed by atoms with Gasteiger partial charge in [0.15, 0.2) is 0 Å². The molecule has 0 saturated heterocycles. The van der Waals surface area contributed by atoms with Gasteiger partial charge in [0.25, 0.3) is 5.69 Å². The molecule has 0 amide bonds. The van der Waals surface area contributed by atoms with Gasteiger partial charge in [0.2, 0.25) is 5.76 Å². The lowest BCUT2D eigenvalue weighted by Crippen LogP contribution is -2.02. The lowest BCUT2D eigenvalue weighted by molar-refractivity contribution is -0.384. The van der Waals surface area contributed by atoms with Crippen molar-refractivity contribution in [3.8, 4) is 11.3 Å². The Labute approximate surface area is 115 Å². The maximum absolute atomic E-state index is 11.5. The number of nitro groups is 1. The molecule has 0 radical (unpaired) electrons. The van der Waals surface area contributed by atoms with Crippen molar-refractivity contribution in [2.45, 2.75) is 13.8 Å². The van der Waals surface area contributed by atoms with E-state index in [4.69, 9.17) is 9.15 Å². The van der Waals surface area contributed by atoms with Gasteiger partial charge in [-0.3, -0.25) is 10.1 Å². The Kier molecular flexibility index (Phi) is 3.84. The molecule has 6 heteroatoms. The average molecular weight is 275 g/mol. The van der Waals surface area contributed by atoms with E-state index in [2.05, 4.69) is 0 Å². The summed E-state index contributed by atoms with van der Waals surface area (Å²) in [6.45, 7) is 3.69. The first-order chi connectivity index (χ1) is 9.52. The summed E-state index contributed by atoms with van der Waals surface area (Å²) in [6, 6.07) is 7.76. The third kappa shape index (κ3) is 2.69. The van der Waals surface area contributed by atoms with E-state index in [-0.39, 0.29) is 23.8 Å². The van der Waals surface area contributed by atoms with Gasteiger partial charge >= 0.3 is 5.97 Å². The van der Waals surface area contributed by atoms with Crippen molar-refractivity contribution in [2.24, 2.45) is 0 Å². The van der Waals surface area contributed by atoms with Crippen LogP contribution in [-0.2, 0) is 4.74 Å². The molecule has 1 aromatic heterocycles. The van der Waals surface area contributed by atoms with Crippen LogP contribution in [0.3, 0.4) is 0 Å². The van der Waals surface area contributed by atoms with Crippen LogP contribution >= 0.6 is 0 Å². The van der Waals surface area contributed by atoms with E-state index in [1.54, 1.807) is 26.0 Å². The fourth-order valence-electron chi connectivity index (χ4n) is 1.80. The van der Waals surface area contributed by atoms with Crippen LogP contribution in [0.4, 0.5) is 5.69 Å². The minimum Gasteiger partial charge on any atom is -0.460 e. The largest absolute Gasteiger partial charge is 0.460 e. The highest BCUT2D eigenvalue weighted by molar-refractivity contribution is 5.87. The maximum atomic E-state index is 11.5. The minimum absolute atomic E-state index is 0.0247. The Balaban J connectivity index is 2.42. The van der Waals surface area contributed by atoms with Gasteiger partial charge in [-0.15, -0.1) is 0 Å². The Morgan fingerprint density at radius 2 is 2.10 bits per heavy atom. The summed E-state index contributed by atoms with van der Waals surface area (Å²) in [4.78, 5) is 22.1. The third-order valence-corrected chi connectivity index (χ3v) is 2.70. The molecule has 1 heterocycles. The summed E-state index contributed by atoms with van der Waals surface area (Å²) in [5, 5.41) is 11.1. The number of esters is 1. The van der Waals surface area contributed by atoms with Crippen LogP contribution in [0.25, 0.3) is 11.3 Å². The van der Waals surface area contributed by atoms with Gasteiger partial charge in [-0.2, -0.15) is 0 Å². The van der Waals surface area contributed by atoms with Gasteiger partial charge in [0, 0.05) is 6.07 Å². The second-order valence-electron chi connectivity index (χ2n) is 4.16. The average Bonchev–Trinajstić information content (AvgIpc) is 2.88. The number of furan rings is 1. The zero-order valence-corrected chi connectivity index (χ0v) is 11.1. The number of hydrogen-bond donors (Lipinski definition) is 0. The first-order valence-corrected chi connectivity index (χ1v) is 6.05. The number of benzene rings is 1. The van der Waals surface area contributed by atoms with E-state index in [1.807, 2.05) is 0 Å². The molecule has 1 aromatic carbocycles. The highest BCUT2D eigenvalue weighted by atomic mass is 16.6. The van der Waals surface area contributed by atoms with Crippen LogP contribution in [-0.4, -0.2) is 17.5 Å². The van der Waals surface area contributed by atoms with Crippen LogP contribution in [0.2, 0.25) is 0 Å². The predicted molar refractivity (Wildman–Crippen MR) is 71.5 cm³/mol. The molecule has 0 fully saturated rings. The highest BCUT2D eigenvalue weighted by Gasteiger charge is 2.20. The number of hydrogen-bond acceptors (Lipinski definition) is 5. The van der Waals surface area contributed by atoms with Gasteiger partial charge in [0.1, 0.15) is 5.76 Å². The molecule has 20 heavy (non-hydrogen) atoms. The quantitative estimate of drug-likeness (QED) is 0.485. The fraction of sp³-hybridized carbons (Fsp3) is 0.214. The van der Waals surface area contributed by atoms with E-state index >= 15 is 0 Å². The third-order valence-electron chi connectivity index (χ3n) is 2.70. The van der Waals surface area contributed by atoms with Crippen molar-refractivity contribution in [1.82, 2.24) is 0 Å². The molecule has 0 atom stereocenters. The van der Waals surface area contributed by atoms with Crippen molar-refractivity contribution >= 4 is 11.7 Å². The number of nitro benzene ring substituents is 1. The number of carbonyl (C=O) groups excluding carboxylic acids is 1. The number of rotatable bonds is 4. The Morgan fingerprint density at radius 1 is 1.35 bits per heavy atom. The molecule has 6 nitrogen and oxygen atoms in total. The molecule has 0 saturated carbocycles. The van der Waals surface area contributed by atoms with Crippen molar-refractivity contribution < 1.29 is 18.9 Å². The van der Waals surface area contributed by atoms with Gasteiger partial charge in [0.05, 0.1) is 17.1 Å². The highest BCUT2D eigenvalue weighted by Crippen LogP contribution is 2.32. The molecule has 0 aliphatic rings. The minimum atomic E-state index is -0.589. The smallest absolute Gasteiger partial charge is 0.374 e. The van der Waals surface area contributed by atoms with Gasteiger partial charge < -0.3 is 9.15 Å². The van der Waals surface area contributed by atoms with Crippen LogP contribution in [0.15, 0.2) is 34.7 Å². The normalized spacial score (nSPS) is 10.3. The monoisotopic (exact) mass is 275 g/mol. The lowest BCUT2D eigenvalue weighted by atomic mass is 10.1. The first kappa shape index (κ1) is 13.8. The number of aryl methyl sites for hydroxylation is 1. The van der Waals surface area contributed by atoms with E-state index in [1.165, 1.54) is 18.2 Å². The molecule has 0 N–H and O–H groups in total. The Bertz CT molecular complexity index is 659. The van der Waals surface area contributed by atoms with Crippen molar-refractivity contribution in [1.29, 1.82) is 0 Å². The lowest BCUT2D eigenvalue weighted by Gasteiger charge is -2.01. The molecular formula is C14H13NO5. The second kappa shape index (κ2) is 5.56. The first-order valence-electron chi connectivity index (χ1n) is 6.05. The zero-order valence-electron chi connectivity index (χ0n) is 11.1. The standard InChI is InChI=1S/C14H13NO5/c1-3-19-14(16)13-7-6-12(20-13)10-5-4-9(2)8-11(10)15(17)18/h4-8H,3H2,1-2H3. The van der Waals surface area contributed by atoms with E-state index in [0.29, 0.717) is 5.56 Å².